The molecule has 0 radical (unpaired) electrons. The van der Waals surface area contributed by atoms with Gasteiger partial charge in [-0.15, -0.1) is 0 Å². The van der Waals surface area contributed by atoms with Gasteiger partial charge in [-0.1, -0.05) is 18.5 Å². The third-order valence-corrected chi connectivity index (χ3v) is 2.32. The quantitative estimate of drug-likeness (QED) is 0.750. The molecule has 0 bridgehead atoms. The van der Waals surface area contributed by atoms with Crippen LogP contribution in [0, 0.1) is 0 Å². The van der Waals surface area contributed by atoms with Crippen LogP contribution in [-0.4, -0.2) is 16.9 Å². The number of aromatic nitrogens is 2. The van der Waals surface area contributed by atoms with E-state index in [4.69, 9.17) is 16.4 Å². The molecule has 0 saturated carbocycles. The summed E-state index contributed by atoms with van der Waals surface area (Å²) in [6.45, 7) is 2.60. The monoisotopic (exact) mass is 203 g/mol. The molecule has 1 heterocycles. The lowest BCUT2D eigenvalue weighted by molar-refractivity contribution is 0.0850. The largest absolute Gasteiger partial charge is 0.305 e. The fraction of sp³-hybridized carbons (Fsp3) is 0.625. The molecule has 1 rings (SSSR count). The number of aryl methyl sites for hydroxylation is 2. The van der Waals surface area contributed by atoms with Crippen molar-refractivity contribution in [1.82, 2.24) is 15.3 Å². The van der Waals surface area contributed by atoms with Crippen LogP contribution in [0.15, 0.2) is 0 Å². The van der Waals surface area contributed by atoms with Crippen LogP contribution < -0.4 is 5.48 Å². The van der Waals surface area contributed by atoms with Gasteiger partial charge in [0.1, 0.15) is 0 Å². The average Bonchev–Trinajstić information content (AvgIpc) is 2.39. The normalized spacial score (nSPS) is 10.8. The van der Waals surface area contributed by atoms with E-state index >= 15 is 0 Å². The number of hydrogen-bond donors (Lipinski definition) is 1. The van der Waals surface area contributed by atoms with Crippen molar-refractivity contribution in [1.29, 1.82) is 0 Å². The Morgan fingerprint density at radius 1 is 1.62 bits per heavy atom. The smallest absolute Gasteiger partial charge is 0.0863 e. The number of rotatable bonds is 4. The van der Waals surface area contributed by atoms with Crippen LogP contribution in [-0.2, 0) is 24.9 Å². The van der Waals surface area contributed by atoms with E-state index in [1.807, 2.05) is 14.0 Å². The second kappa shape index (κ2) is 4.60. The highest BCUT2D eigenvalue weighted by molar-refractivity contribution is 6.31. The molecule has 0 amide bonds. The van der Waals surface area contributed by atoms with E-state index in [-0.39, 0.29) is 0 Å². The van der Waals surface area contributed by atoms with Crippen molar-refractivity contribution in [2.75, 3.05) is 7.11 Å². The van der Waals surface area contributed by atoms with E-state index in [0.29, 0.717) is 6.54 Å². The number of halogens is 1. The number of hydroxylamine groups is 1. The van der Waals surface area contributed by atoms with Crippen LogP contribution in [0.4, 0.5) is 0 Å². The second-order valence-electron chi connectivity index (χ2n) is 2.71. The zero-order chi connectivity index (χ0) is 9.84. The van der Waals surface area contributed by atoms with Crippen LogP contribution in [0.25, 0.3) is 0 Å². The van der Waals surface area contributed by atoms with Gasteiger partial charge in [-0.25, -0.2) is 0 Å². The number of nitrogens with zero attached hydrogens (tertiary/aromatic N) is 2. The molecule has 1 aromatic heterocycles. The molecule has 4 nitrogen and oxygen atoms in total. The van der Waals surface area contributed by atoms with E-state index in [0.717, 1.165) is 22.8 Å². The first-order chi connectivity index (χ1) is 6.20. The second-order valence-corrected chi connectivity index (χ2v) is 3.09. The minimum atomic E-state index is 0.568. The average molecular weight is 204 g/mol. The van der Waals surface area contributed by atoms with Gasteiger partial charge in [0.05, 0.1) is 30.1 Å². The van der Waals surface area contributed by atoms with Crippen LogP contribution in [0.1, 0.15) is 18.3 Å². The third kappa shape index (κ3) is 2.21. The van der Waals surface area contributed by atoms with Crippen molar-refractivity contribution in [2.45, 2.75) is 19.9 Å². The summed E-state index contributed by atoms with van der Waals surface area (Å²) in [5, 5.41) is 5.00. The summed E-state index contributed by atoms with van der Waals surface area (Å²) >= 11 is 6.09. The van der Waals surface area contributed by atoms with Gasteiger partial charge in [0.15, 0.2) is 0 Å². The highest BCUT2D eigenvalue weighted by Crippen LogP contribution is 2.20. The molecule has 5 heteroatoms. The van der Waals surface area contributed by atoms with Crippen LogP contribution >= 0.6 is 11.6 Å². The molecule has 0 spiro atoms. The summed E-state index contributed by atoms with van der Waals surface area (Å²) in [5.41, 5.74) is 4.61. The van der Waals surface area contributed by atoms with Crippen molar-refractivity contribution >= 4 is 11.6 Å². The van der Waals surface area contributed by atoms with Crippen LogP contribution in [0.5, 0.6) is 0 Å². The molecule has 74 valence electrons. The Balaban J connectivity index is 2.85. The molecule has 0 aliphatic rings. The van der Waals surface area contributed by atoms with Gasteiger partial charge in [0.2, 0.25) is 0 Å². The van der Waals surface area contributed by atoms with Gasteiger partial charge in [-0.05, 0) is 6.42 Å². The maximum Gasteiger partial charge on any atom is 0.0863 e. The van der Waals surface area contributed by atoms with Gasteiger partial charge >= 0.3 is 0 Å². The van der Waals surface area contributed by atoms with E-state index < -0.39 is 0 Å². The van der Waals surface area contributed by atoms with Crippen molar-refractivity contribution in [3.8, 4) is 0 Å². The highest BCUT2D eigenvalue weighted by Gasteiger charge is 2.11. The molecule has 0 aliphatic carbocycles. The van der Waals surface area contributed by atoms with Crippen molar-refractivity contribution < 1.29 is 4.84 Å². The topological polar surface area (TPSA) is 39.1 Å². The van der Waals surface area contributed by atoms with E-state index in [1.54, 1.807) is 11.8 Å². The Morgan fingerprint density at radius 3 is 2.77 bits per heavy atom. The first-order valence-corrected chi connectivity index (χ1v) is 4.54. The SMILES string of the molecule is CCc1nn(C)c(CNOC)c1Cl. The molecule has 0 atom stereocenters. The van der Waals surface area contributed by atoms with Gasteiger partial charge in [0, 0.05) is 7.05 Å². The van der Waals surface area contributed by atoms with E-state index in [1.165, 1.54) is 0 Å². The van der Waals surface area contributed by atoms with Gasteiger partial charge < -0.3 is 4.84 Å². The summed E-state index contributed by atoms with van der Waals surface area (Å²) in [5.74, 6) is 0. The molecule has 13 heavy (non-hydrogen) atoms. The Morgan fingerprint density at radius 2 is 2.31 bits per heavy atom. The first kappa shape index (κ1) is 10.5. The van der Waals surface area contributed by atoms with Crippen molar-refractivity contribution in [2.24, 2.45) is 7.05 Å². The molecular weight excluding hydrogens is 190 g/mol. The molecule has 0 aliphatic heterocycles. The fourth-order valence-electron chi connectivity index (χ4n) is 1.15. The van der Waals surface area contributed by atoms with Crippen LogP contribution in [0.2, 0.25) is 5.02 Å². The lowest BCUT2D eigenvalue weighted by Crippen LogP contribution is -2.14. The Kier molecular flexibility index (Phi) is 3.71. The fourth-order valence-corrected chi connectivity index (χ4v) is 1.51. The summed E-state index contributed by atoms with van der Waals surface area (Å²) in [6, 6.07) is 0. The summed E-state index contributed by atoms with van der Waals surface area (Å²) in [7, 11) is 3.45. The molecule has 1 N–H and O–H groups in total. The van der Waals surface area contributed by atoms with Crippen molar-refractivity contribution in [3.05, 3.63) is 16.4 Å². The Bertz CT molecular complexity index is 285. The van der Waals surface area contributed by atoms with E-state index in [9.17, 15) is 0 Å². The minimum Gasteiger partial charge on any atom is -0.305 e. The first-order valence-electron chi connectivity index (χ1n) is 4.16. The molecule has 0 unspecified atom stereocenters. The highest BCUT2D eigenvalue weighted by atomic mass is 35.5. The van der Waals surface area contributed by atoms with Crippen molar-refractivity contribution in [3.63, 3.8) is 0 Å². The predicted molar refractivity (Wildman–Crippen MR) is 51.4 cm³/mol. The Labute approximate surface area is 82.8 Å². The number of nitrogens with one attached hydrogen (secondary N) is 1. The van der Waals surface area contributed by atoms with Gasteiger partial charge in [0.25, 0.3) is 0 Å². The van der Waals surface area contributed by atoms with Crippen LogP contribution in [0.3, 0.4) is 0 Å². The zero-order valence-corrected chi connectivity index (χ0v) is 8.85. The standard InChI is InChI=1S/C8H14ClN3O/c1-4-6-8(9)7(5-10-13-3)12(2)11-6/h10H,4-5H2,1-3H3. The summed E-state index contributed by atoms with van der Waals surface area (Å²) in [4.78, 5) is 4.75. The van der Waals surface area contributed by atoms with Gasteiger partial charge in [-0.2, -0.15) is 10.6 Å². The molecular formula is C8H14ClN3O. The lowest BCUT2D eigenvalue weighted by Gasteiger charge is -2.02. The predicted octanol–water partition coefficient (Wildman–Crippen LogP) is 1.29. The molecule has 0 aromatic carbocycles. The summed E-state index contributed by atoms with van der Waals surface area (Å²) in [6.07, 6.45) is 0.847. The summed E-state index contributed by atoms with van der Waals surface area (Å²) < 4.78 is 1.77. The molecule has 1 aromatic rings. The maximum atomic E-state index is 6.09. The maximum absolute atomic E-state index is 6.09. The minimum absolute atomic E-state index is 0.568. The third-order valence-electron chi connectivity index (χ3n) is 1.89. The lowest BCUT2D eigenvalue weighted by atomic mass is 10.3. The van der Waals surface area contributed by atoms with E-state index in [2.05, 4.69) is 10.6 Å². The zero-order valence-electron chi connectivity index (χ0n) is 8.09. The molecule has 0 saturated heterocycles. The number of hydrogen-bond acceptors (Lipinski definition) is 3. The Hall–Kier alpha value is -0.580. The van der Waals surface area contributed by atoms with Gasteiger partial charge in [-0.3, -0.25) is 4.68 Å². The molecule has 0 fully saturated rings.